The highest BCUT2D eigenvalue weighted by Gasteiger charge is 2.20. The van der Waals surface area contributed by atoms with Gasteiger partial charge in [0.15, 0.2) is 11.6 Å². The van der Waals surface area contributed by atoms with E-state index in [0.717, 1.165) is 24.8 Å². The average Bonchev–Trinajstić information content (AvgIpc) is 2.52. The van der Waals surface area contributed by atoms with Crippen LogP contribution in [0.15, 0.2) is 42.5 Å². The molecule has 128 valence electrons. The Bertz CT molecular complexity index is 703. The van der Waals surface area contributed by atoms with Gasteiger partial charge in [-0.2, -0.15) is 0 Å². The molecule has 0 saturated heterocycles. The number of rotatable bonds is 5. The Balaban J connectivity index is 0.00000208. The Morgan fingerprint density at radius 3 is 2.46 bits per heavy atom. The van der Waals surface area contributed by atoms with E-state index < -0.39 is 5.82 Å². The molecule has 1 fully saturated rings. The van der Waals surface area contributed by atoms with Crippen LogP contribution in [-0.2, 0) is 6.54 Å². The zero-order chi connectivity index (χ0) is 16.2. The van der Waals surface area contributed by atoms with E-state index in [9.17, 15) is 9.18 Å². The monoisotopic (exact) mass is 350 g/mol. The van der Waals surface area contributed by atoms with Gasteiger partial charge >= 0.3 is 0 Å². The fourth-order valence-corrected chi connectivity index (χ4v) is 2.34. The molecule has 6 heteroatoms. The summed E-state index contributed by atoms with van der Waals surface area (Å²) in [6.45, 7) is 0.426. The molecule has 4 nitrogen and oxygen atoms in total. The molecule has 24 heavy (non-hydrogen) atoms. The minimum Gasteiger partial charge on any atom is -0.487 e. The van der Waals surface area contributed by atoms with E-state index in [2.05, 4.69) is 5.32 Å². The second-order valence-electron chi connectivity index (χ2n) is 5.67. The third-order valence-corrected chi connectivity index (χ3v) is 3.99. The maximum atomic E-state index is 14.0. The highest BCUT2D eigenvalue weighted by Crippen LogP contribution is 2.28. The molecule has 1 aliphatic rings. The number of anilines is 1. The number of nitrogens with two attached hydrogens (primary N) is 1. The smallest absolute Gasteiger partial charge is 0.255 e. The Kier molecular flexibility index (Phi) is 6.17. The standard InChI is InChI=1S/C18H19FN2O2.ClH/c19-16-10-14(8-9-17(16)23-15-2-1-3-15)21-18(22)13-6-4-12(11-20)5-7-13;/h4-10,15H,1-3,11,20H2,(H,21,22);1H. The summed E-state index contributed by atoms with van der Waals surface area (Å²) in [6.07, 6.45) is 3.18. The van der Waals surface area contributed by atoms with Crippen molar-refractivity contribution in [2.45, 2.75) is 31.9 Å². The fraction of sp³-hybridized carbons (Fsp3) is 0.278. The summed E-state index contributed by atoms with van der Waals surface area (Å²) in [6, 6.07) is 11.5. The zero-order valence-electron chi connectivity index (χ0n) is 13.1. The van der Waals surface area contributed by atoms with Crippen molar-refractivity contribution in [3.05, 3.63) is 59.4 Å². The van der Waals surface area contributed by atoms with Gasteiger partial charge in [-0.1, -0.05) is 12.1 Å². The normalized spacial score (nSPS) is 13.6. The van der Waals surface area contributed by atoms with Crippen molar-refractivity contribution in [3.63, 3.8) is 0 Å². The van der Waals surface area contributed by atoms with Crippen LogP contribution in [0, 0.1) is 5.82 Å². The molecule has 0 radical (unpaired) electrons. The Morgan fingerprint density at radius 1 is 1.21 bits per heavy atom. The van der Waals surface area contributed by atoms with E-state index in [-0.39, 0.29) is 30.2 Å². The van der Waals surface area contributed by atoms with Gasteiger partial charge in [-0.3, -0.25) is 4.79 Å². The molecule has 1 saturated carbocycles. The average molecular weight is 351 g/mol. The van der Waals surface area contributed by atoms with Gasteiger partial charge in [-0.15, -0.1) is 12.4 Å². The number of nitrogens with one attached hydrogen (secondary N) is 1. The van der Waals surface area contributed by atoms with Gasteiger partial charge in [0.25, 0.3) is 5.91 Å². The molecule has 1 amide bonds. The summed E-state index contributed by atoms with van der Waals surface area (Å²) in [5.41, 5.74) is 7.37. The van der Waals surface area contributed by atoms with Gasteiger partial charge in [0.2, 0.25) is 0 Å². The van der Waals surface area contributed by atoms with E-state index in [4.69, 9.17) is 10.5 Å². The summed E-state index contributed by atoms with van der Waals surface area (Å²) in [7, 11) is 0. The van der Waals surface area contributed by atoms with E-state index in [1.807, 2.05) is 0 Å². The largest absolute Gasteiger partial charge is 0.487 e. The number of hydrogen-bond acceptors (Lipinski definition) is 3. The first kappa shape index (κ1) is 18.2. The van der Waals surface area contributed by atoms with Crippen LogP contribution in [0.4, 0.5) is 10.1 Å². The Labute approximate surface area is 146 Å². The van der Waals surface area contributed by atoms with Gasteiger partial charge < -0.3 is 15.8 Å². The molecule has 2 aromatic carbocycles. The van der Waals surface area contributed by atoms with Crippen LogP contribution in [0.1, 0.15) is 35.2 Å². The first-order valence-corrected chi connectivity index (χ1v) is 7.72. The van der Waals surface area contributed by atoms with Gasteiger partial charge in [-0.05, 0) is 49.1 Å². The summed E-state index contributed by atoms with van der Waals surface area (Å²) < 4.78 is 19.6. The van der Waals surface area contributed by atoms with Crippen LogP contribution in [-0.4, -0.2) is 12.0 Å². The number of hydrogen-bond donors (Lipinski definition) is 2. The second kappa shape index (κ2) is 8.13. The van der Waals surface area contributed by atoms with E-state index in [0.29, 0.717) is 17.8 Å². The van der Waals surface area contributed by atoms with Crippen LogP contribution < -0.4 is 15.8 Å². The summed E-state index contributed by atoms with van der Waals surface area (Å²) >= 11 is 0. The van der Waals surface area contributed by atoms with Crippen LogP contribution in [0.25, 0.3) is 0 Å². The summed E-state index contributed by atoms with van der Waals surface area (Å²) in [5.74, 6) is -0.520. The molecular weight excluding hydrogens is 331 g/mol. The molecule has 0 spiro atoms. The quantitative estimate of drug-likeness (QED) is 0.859. The molecule has 0 aromatic heterocycles. The molecule has 3 rings (SSSR count). The molecule has 0 aliphatic heterocycles. The number of carbonyl (C=O) groups is 1. The van der Waals surface area contributed by atoms with E-state index in [1.165, 1.54) is 6.07 Å². The lowest BCUT2D eigenvalue weighted by atomic mass is 9.96. The SMILES string of the molecule is Cl.NCc1ccc(C(=O)Nc2ccc(OC3CCC3)c(F)c2)cc1. The predicted octanol–water partition coefficient (Wildman–Crippen LogP) is 3.89. The van der Waals surface area contributed by atoms with Gasteiger partial charge in [0.05, 0.1) is 6.10 Å². The molecule has 2 aromatic rings. The van der Waals surface area contributed by atoms with Crippen molar-refractivity contribution >= 4 is 24.0 Å². The van der Waals surface area contributed by atoms with Gasteiger partial charge in [0.1, 0.15) is 0 Å². The number of amides is 1. The lowest BCUT2D eigenvalue weighted by Crippen LogP contribution is -2.25. The fourth-order valence-electron chi connectivity index (χ4n) is 2.34. The number of halogens is 2. The lowest BCUT2D eigenvalue weighted by molar-refractivity contribution is 0.102. The maximum absolute atomic E-state index is 14.0. The molecule has 0 heterocycles. The number of benzene rings is 2. The van der Waals surface area contributed by atoms with Crippen molar-refractivity contribution in [1.82, 2.24) is 0 Å². The molecule has 3 N–H and O–H groups in total. The lowest BCUT2D eigenvalue weighted by Gasteiger charge is -2.26. The predicted molar refractivity (Wildman–Crippen MR) is 94.2 cm³/mol. The molecule has 1 aliphatic carbocycles. The Morgan fingerprint density at radius 2 is 1.92 bits per heavy atom. The molecule has 0 bridgehead atoms. The maximum Gasteiger partial charge on any atom is 0.255 e. The van der Waals surface area contributed by atoms with E-state index in [1.54, 1.807) is 36.4 Å². The first-order chi connectivity index (χ1) is 11.2. The van der Waals surface area contributed by atoms with Crippen molar-refractivity contribution < 1.29 is 13.9 Å². The summed E-state index contributed by atoms with van der Waals surface area (Å²) in [5, 5.41) is 2.68. The third-order valence-electron chi connectivity index (χ3n) is 3.99. The van der Waals surface area contributed by atoms with Gasteiger partial charge in [0, 0.05) is 23.9 Å². The van der Waals surface area contributed by atoms with Crippen molar-refractivity contribution in [1.29, 1.82) is 0 Å². The van der Waals surface area contributed by atoms with Crippen LogP contribution >= 0.6 is 12.4 Å². The van der Waals surface area contributed by atoms with Crippen molar-refractivity contribution in [2.24, 2.45) is 5.73 Å². The second-order valence-corrected chi connectivity index (χ2v) is 5.67. The van der Waals surface area contributed by atoms with E-state index >= 15 is 0 Å². The minimum atomic E-state index is -0.465. The molecule has 0 unspecified atom stereocenters. The molecular formula is C18H20ClFN2O2. The van der Waals surface area contributed by atoms with Crippen LogP contribution in [0.3, 0.4) is 0 Å². The van der Waals surface area contributed by atoms with Crippen LogP contribution in [0.2, 0.25) is 0 Å². The third kappa shape index (κ3) is 4.24. The Hall–Kier alpha value is -2.11. The highest BCUT2D eigenvalue weighted by molar-refractivity contribution is 6.04. The number of ether oxygens (including phenoxy) is 1. The zero-order valence-corrected chi connectivity index (χ0v) is 13.9. The summed E-state index contributed by atoms with van der Waals surface area (Å²) in [4.78, 5) is 12.1. The minimum absolute atomic E-state index is 0. The topological polar surface area (TPSA) is 64.4 Å². The van der Waals surface area contributed by atoms with Gasteiger partial charge in [-0.25, -0.2) is 4.39 Å². The number of carbonyl (C=O) groups excluding carboxylic acids is 1. The van der Waals surface area contributed by atoms with Crippen LogP contribution in [0.5, 0.6) is 5.75 Å². The van der Waals surface area contributed by atoms with Crippen molar-refractivity contribution in [3.8, 4) is 5.75 Å². The molecule has 0 atom stereocenters. The van der Waals surface area contributed by atoms with Crippen molar-refractivity contribution in [2.75, 3.05) is 5.32 Å². The highest BCUT2D eigenvalue weighted by atomic mass is 35.5. The first-order valence-electron chi connectivity index (χ1n) is 7.72.